The number of nitrogen functional groups attached to an aromatic ring is 2. The third-order valence-corrected chi connectivity index (χ3v) is 5.19. The predicted octanol–water partition coefficient (Wildman–Crippen LogP) is 2.19. The van der Waals surface area contributed by atoms with Gasteiger partial charge in [-0.2, -0.15) is 20.5 Å². The Bertz CT molecular complexity index is 1580. The van der Waals surface area contributed by atoms with Gasteiger partial charge in [0.2, 0.25) is 5.95 Å². The van der Waals surface area contributed by atoms with E-state index in [4.69, 9.17) is 11.5 Å². The van der Waals surface area contributed by atoms with E-state index in [9.17, 15) is 19.7 Å². The maximum Gasteiger partial charge on any atom is 0.268 e. The molecule has 0 atom stereocenters. The van der Waals surface area contributed by atoms with Gasteiger partial charge in [-0.1, -0.05) is 12.1 Å². The average Bonchev–Trinajstić information content (AvgIpc) is 2.81. The lowest BCUT2D eigenvalue weighted by Gasteiger charge is -2.16. The fraction of sp³-hybridized carbons (Fsp3) is 0.130. The van der Waals surface area contributed by atoms with E-state index in [0.717, 1.165) is 0 Å². The van der Waals surface area contributed by atoms with E-state index in [0.29, 0.717) is 22.6 Å². The molecule has 4 rings (SSSR count). The minimum atomic E-state index is -0.682. The lowest BCUT2D eigenvalue weighted by molar-refractivity contribution is 0.636. The minimum absolute atomic E-state index is 0.0395. The van der Waals surface area contributed by atoms with E-state index >= 15 is 0 Å². The van der Waals surface area contributed by atoms with Crippen LogP contribution in [0.5, 0.6) is 0 Å². The molecule has 34 heavy (non-hydrogen) atoms. The number of fused-ring (bicyclic) bond motifs is 1. The molecule has 0 spiro atoms. The third-order valence-electron chi connectivity index (χ3n) is 5.19. The fourth-order valence-corrected chi connectivity index (χ4v) is 3.60. The van der Waals surface area contributed by atoms with Crippen molar-refractivity contribution in [2.24, 2.45) is 0 Å². The molecule has 0 amide bonds. The standard InChI is InChI=1S/C23H18FN9O/c1-12-5-6-16(24)18-19(12)30-17(33(22(18)34)14-4-2-3-13(9-14)10-25)7-8-29-21-15(11-26)20(27)31-23(28)32-21/h2-6,9H,7-8H2,1H3,(H5,27,28,29,31,32). The number of nitrogens with zero attached hydrogens (tertiary/aromatic N) is 6. The highest BCUT2D eigenvalue weighted by Crippen LogP contribution is 2.21. The maximum absolute atomic E-state index is 14.6. The van der Waals surface area contributed by atoms with Crippen LogP contribution in [-0.2, 0) is 6.42 Å². The summed E-state index contributed by atoms with van der Waals surface area (Å²) in [7, 11) is 0. The van der Waals surface area contributed by atoms with Gasteiger partial charge in [-0.05, 0) is 36.8 Å². The molecule has 0 aliphatic carbocycles. The zero-order chi connectivity index (χ0) is 24.4. The molecule has 0 aliphatic heterocycles. The first-order valence-electron chi connectivity index (χ1n) is 10.1. The second-order valence-electron chi connectivity index (χ2n) is 7.40. The Morgan fingerprint density at radius 2 is 1.91 bits per heavy atom. The number of hydrogen-bond donors (Lipinski definition) is 3. The first-order chi connectivity index (χ1) is 16.3. The number of hydrogen-bond acceptors (Lipinski definition) is 9. The van der Waals surface area contributed by atoms with Crippen LogP contribution in [0.1, 0.15) is 22.5 Å². The van der Waals surface area contributed by atoms with E-state index in [1.807, 2.05) is 12.1 Å². The number of aryl methyl sites for hydroxylation is 1. The highest BCUT2D eigenvalue weighted by molar-refractivity contribution is 5.82. The number of rotatable bonds is 5. The second-order valence-corrected chi connectivity index (χ2v) is 7.40. The van der Waals surface area contributed by atoms with Crippen LogP contribution in [0.15, 0.2) is 41.2 Å². The van der Waals surface area contributed by atoms with Gasteiger partial charge in [-0.3, -0.25) is 9.36 Å². The molecule has 0 radical (unpaired) electrons. The van der Waals surface area contributed by atoms with E-state index in [1.54, 1.807) is 31.2 Å². The highest BCUT2D eigenvalue weighted by Gasteiger charge is 2.18. The highest BCUT2D eigenvalue weighted by atomic mass is 19.1. The summed E-state index contributed by atoms with van der Waals surface area (Å²) >= 11 is 0. The second kappa shape index (κ2) is 8.84. The SMILES string of the molecule is Cc1ccc(F)c2c(=O)n(-c3cccc(C#N)c3)c(CCNc3nc(N)nc(N)c3C#N)nc12. The van der Waals surface area contributed by atoms with Gasteiger partial charge in [-0.15, -0.1) is 0 Å². The Balaban J connectivity index is 1.82. The molecule has 2 aromatic carbocycles. The molecule has 0 bridgehead atoms. The first-order valence-corrected chi connectivity index (χ1v) is 10.1. The van der Waals surface area contributed by atoms with Crippen LogP contribution in [0, 0.1) is 35.4 Å². The molecule has 4 aromatic rings. The Kier molecular flexibility index (Phi) is 5.77. The van der Waals surface area contributed by atoms with Crippen molar-refractivity contribution < 1.29 is 4.39 Å². The topological polar surface area (TPSA) is 172 Å². The van der Waals surface area contributed by atoms with Crippen LogP contribution < -0.4 is 22.3 Å². The quantitative estimate of drug-likeness (QED) is 0.408. The molecule has 0 aliphatic rings. The lowest BCUT2D eigenvalue weighted by atomic mass is 10.1. The molecule has 2 aromatic heterocycles. The van der Waals surface area contributed by atoms with Crippen molar-refractivity contribution in [3.8, 4) is 17.8 Å². The molecule has 5 N–H and O–H groups in total. The molecule has 0 unspecified atom stereocenters. The number of benzene rings is 2. The normalized spacial score (nSPS) is 10.6. The van der Waals surface area contributed by atoms with Crippen LogP contribution in [-0.4, -0.2) is 26.1 Å². The molecular formula is C23H18FN9O. The average molecular weight is 455 g/mol. The number of nitrogens with one attached hydrogen (secondary N) is 1. The summed E-state index contributed by atoms with van der Waals surface area (Å²) in [5, 5.41) is 21.5. The van der Waals surface area contributed by atoms with E-state index in [2.05, 4.69) is 20.3 Å². The molecule has 0 fully saturated rings. The van der Waals surface area contributed by atoms with Crippen LogP contribution in [0.25, 0.3) is 16.6 Å². The van der Waals surface area contributed by atoms with Crippen LogP contribution in [0.2, 0.25) is 0 Å². The van der Waals surface area contributed by atoms with Gasteiger partial charge in [0.25, 0.3) is 5.56 Å². The van der Waals surface area contributed by atoms with Crippen LogP contribution in [0.3, 0.4) is 0 Å². The Labute approximate surface area is 192 Å². The Morgan fingerprint density at radius 1 is 1.12 bits per heavy atom. The molecule has 2 heterocycles. The summed E-state index contributed by atoms with van der Waals surface area (Å²) in [6.07, 6.45) is 0.187. The zero-order valence-electron chi connectivity index (χ0n) is 18.0. The largest absolute Gasteiger partial charge is 0.382 e. The lowest BCUT2D eigenvalue weighted by Crippen LogP contribution is -2.26. The summed E-state index contributed by atoms with van der Waals surface area (Å²) in [4.78, 5) is 25.8. The molecule has 168 valence electrons. The van der Waals surface area contributed by atoms with Crippen LogP contribution in [0.4, 0.5) is 22.0 Å². The number of halogens is 1. The van der Waals surface area contributed by atoms with Crippen molar-refractivity contribution in [1.29, 1.82) is 10.5 Å². The van der Waals surface area contributed by atoms with E-state index < -0.39 is 11.4 Å². The summed E-state index contributed by atoms with van der Waals surface area (Å²) < 4.78 is 15.9. The molecular weight excluding hydrogens is 437 g/mol. The summed E-state index contributed by atoms with van der Waals surface area (Å²) in [6.45, 7) is 1.93. The van der Waals surface area contributed by atoms with Gasteiger partial charge in [0.15, 0.2) is 5.82 Å². The fourth-order valence-electron chi connectivity index (χ4n) is 3.60. The number of nitrogens with two attached hydrogens (primary N) is 2. The molecule has 11 heteroatoms. The predicted molar refractivity (Wildman–Crippen MR) is 125 cm³/mol. The van der Waals surface area contributed by atoms with Crippen molar-refractivity contribution in [3.63, 3.8) is 0 Å². The molecule has 0 saturated carbocycles. The summed E-state index contributed by atoms with van der Waals surface area (Å²) in [6, 6.07) is 13.1. The summed E-state index contributed by atoms with van der Waals surface area (Å²) in [5.41, 5.74) is 12.4. The molecule has 0 saturated heterocycles. The third kappa shape index (κ3) is 3.94. The van der Waals surface area contributed by atoms with Gasteiger partial charge < -0.3 is 16.8 Å². The van der Waals surface area contributed by atoms with Crippen molar-refractivity contribution in [1.82, 2.24) is 19.5 Å². The molecule has 10 nitrogen and oxygen atoms in total. The summed E-state index contributed by atoms with van der Waals surface area (Å²) in [5.74, 6) is -0.367. The van der Waals surface area contributed by atoms with Crippen molar-refractivity contribution >= 4 is 28.5 Å². The number of anilines is 3. The first kappa shape index (κ1) is 22.2. The van der Waals surface area contributed by atoms with Crippen molar-refractivity contribution in [2.45, 2.75) is 13.3 Å². The Morgan fingerprint density at radius 3 is 2.65 bits per heavy atom. The zero-order valence-corrected chi connectivity index (χ0v) is 18.0. The Hall–Kier alpha value is -5.03. The van der Waals surface area contributed by atoms with Crippen molar-refractivity contribution in [2.75, 3.05) is 23.3 Å². The van der Waals surface area contributed by atoms with Gasteiger partial charge >= 0.3 is 0 Å². The maximum atomic E-state index is 14.6. The number of nitriles is 2. The van der Waals surface area contributed by atoms with Gasteiger partial charge in [-0.25, -0.2) is 9.37 Å². The number of aromatic nitrogens is 4. The van der Waals surface area contributed by atoms with Gasteiger partial charge in [0.05, 0.1) is 22.8 Å². The van der Waals surface area contributed by atoms with Gasteiger partial charge in [0.1, 0.15) is 34.5 Å². The van der Waals surface area contributed by atoms with Crippen LogP contribution >= 0.6 is 0 Å². The van der Waals surface area contributed by atoms with Gasteiger partial charge in [0, 0.05) is 13.0 Å². The van der Waals surface area contributed by atoms with E-state index in [-0.39, 0.29) is 47.0 Å². The van der Waals surface area contributed by atoms with Crippen molar-refractivity contribution in [3.05, 3.63) is 75.1 Å². The van der Waals surface area contributed by atoms with E-state index in [1.165, 1.54) is 16.7 Å². The monoisotopic (exact) mass is 455 g/mol. The smallest absolute Gasteiger partial charge is 0.268 e. The minimum Gasteiger partial charge on any atom is -0.382 e.